The highest BCUT2D eigenvalue weighted by Crippen LogP contribution is 2.35. The molecular weight excluding hydrogens is 264 g/mol. The fourth-order valence-electron chi connectivity index (χ4n) is 3.09. The summed E-state index contributed by atoms with van der Waals surface area (Å²) in [5, 5.41) is 3.25. The number of rotatable bonds is 6. The molecule has 2 aromatic rings. The van der Waals surface area contributed by atoms with Crippen LogP contribution in [0.25, 0.3) is 0 Å². The van der Waals surface area contributed by atoms with Gasteiger partial charge in [0.15, 0.2) is 0 Å². The lowest BCUT2D eigenvalue weighted by Crippen LogP contribution is -2.46. The van der Waals surface area contributed by atoms with Crippen LogP contribution in [-0.2, 0) is 11.8 Å². The number of thiazole rings is 1. The standard InChI is InChI=1S/C17H24N2S/c1-4-17(5-2,14-9-7-6-8-10-14)16(18)11-15-12-20-13(3)19-15/h6-10,12,16H,4-5,11,18H2,1-3H3. The summed E-state index contributed by atoms with van der Waals surface area (Å²) in [5.41, 5.74) is 9.13. The number of nitrogens with zero attached hydrogens (tertiary/aromatic N) is 1. The quantitative estimate of drug-likeness (QED) is 0.870. The summed E-state index contributed by atoms with van der Waals surface area (Å²) in [6.45, 7) is 6.52. The van der Waals surface area contributed by atoms with Gasteiger partial charge in [-0.3, -0.25) is 0 Å². The maximum Gasteiger partial charge on any atom is 0.0897 e. The molecule has 1 atom stereocenters. The molecule has 0 amide bonds. The van der Waals surface area contributed by atoms with E-state index in [1.807, 2.05) is 6.92 Å². The van der Waals surface area contributed by atoms with Gasteiger partial charge in [-0.15, -0.1) is 11.3 Å². The third kappa shape index (κ3) is 2.94. The minimum Gasteiger partial charge on any atom is -0.327 e. The smallest absolute Gasteiger partial charge is 0.0897 e. The Morgan fingerprint density at radius 1 is 1.20 bits per heavy atom. The zero-order valence-corrected chi connectivity index (χ0v) is 13.4. The summed E-state index contributed by atoms with van der Waals surface area (Å²) in [5.74, 6) is 0. The van der Waals surface area contributed by atoms with Crippen molar-refractivity contribution in [3.05, 3.63) is 52.0 Å². The SMILES string of the molecule is CCC(CC)(c1ccccc1)C(N)Cc1csc(C)n1. The van der Waals surface area contributed by atoms with Gasteiger partial charge < -0.3 is 5.73 Å². The second kappa shape index (κ2) is 6.51. The molecule has 1 aromatic heterocycles. The molecule has 0 saturated carbocycles. The Hall–Kier alpha value is -1.19. The van der Waals surface area contributed by atoms with Crippen LogP contribution in [0.2, 0.25) is 0 Å². The van der Waals surface area contributed by atoms with Gasteiger partial charge in [-0.05, 0) is 25.3 Å². The van der Waals surface area contributed by atoms with Crippen LogP contribution in [0.3, 0.4) is 0 Å². The van der Waals surface area contributed by atoms with Crippen molar-refractivity contribution in [2.24, 2.45) is 5.73 Å². The molecule has 1 aromatic carbocycles. The fourth-order valence-corrected chi connectivity index (χ4v) is 3.71. The highest BCUT2D eigenvalue weighted by molar-refractivity contribution is 7.09. The van der Waals surface area contributed by atoms with Gasteiger partial charge >= 0.3 is 0 Å². The second-order valence-electron chi connectivity index (χ2n) is 5.40. The van der Waals surface area contributed by atoms with Crippen molar-refractivity contribution >= 4 is 11.3 Å². The Morgan fingerprint density at radius 2 is 1.85 bits per heavy atom. The van der Waals surface area contributed by atoms with Crippen molar-refractivity contribution in [2.75, 3.05) is 0 Å². The lowest BCUT2D eigenvalue weighted by atomic mass is 9.69. The first-order valence-corrected chi connectivity index (χ1v) is 8.22. The third-order valence-corrected chi connectivity index (χ3v) is 5.24. The van der Waals surface area contributed by atoms with Crippen LogP contribution in [0.15, 0.2) is 35.7 Å². The molecule has 3 heteroatoms. The third-order valence-electron chi connectivity index (χ3n) is 4.42. The van der Waals surface area contributed by atoms with Crippen molar-refractivity contribution in [1.82, 2.24) is 4.98 Å². The molecule has 0 fully saturated rings. The topological polar surface area (TPSA) is 38.9 Å². The van der Waals surface area contributed by atoms with E-state index in [-0.39, 0.29) is 11.5 Å². The number of hydrogen-bond acceptors (Lipinski definition) is 3. The van der Waals surface area contributed by atoms with E-state index in [4.69, 9.17) is 5.73 Å². The Morgan fingerprint density at radius 3 is 2.35 bits per heavy atom. The van der Waals surface area contributed by atoms with E-state index < -0.39 is 0 Å². The maximum atomic E-state index is 6.61. The minimum atomic E-state index is 0.0405. The molecule has 2 nitrogen and oxygen atoms in total. The summed E-state index contributed by atoms with van der Waals surface area (Å²) >= 11 is 1.70. The first-order chi connectivity index (χ1) is 9.62. The number of hydrogen-bond donors (Lipinski definition) is 1. The molecule has 0 bridgehead atoms. The van der Waals surface area contributed by atoms with E-state index in [1.165, 1.54) is 5.56 Å². The number of nitrogens with two attached hydrogens (primary N) is 1. The van der Waals surface area contributed by atoms with Gasteiger partial charge in [-0.25, -0.2) is 4.98 Å². The predicted molar refractivity (Wildman–Crippen MR) is 87.2 cm³/mol. The fraction of sp³-hybridized carbons (Fsp3) is 0.471. The largest absolute Gasteiger partial charge is 0.327 e. The molecule has 2 rings (SSSR count). The van der Waals surface area contributed by atoms with E-state index in [0.717, 1.165) is 30.0 Å². The number of aryl methyl sites for hydroxylation is 1. The first kappa shape index (κ1) is 15.2. The maximum absolute atomic E-state index is 6.61. The predicted octanol–water partition coefficient (Wildman–Crippen LogP) is 4.08. The van der Waals surface area contributed by atoms with Crippen LogP contribution in [0.1, 0.15) is 43.0 Å². The molecule has 0 aliphatic heterocycles. The average molecular weight is 288 g/mol. The van der Waals surface area contributed by atoms with E-state index in [0.29, 0.717) is 0 Å². The summed E-state index contributed by atoms with van der Waals surface area (Å²) in [6.07, 6.45) is 2.95. The van der Waals surface area contributed by atoms with Gasteiger partial charge in [0, 0.05) is 23.3 Å². The number of benzene rings is 1. The first-order valence-electron chi connectivity index (χ1n) is 7.34. The van der Waals surface area contributed by atoms with Crippen LogP contribution in [0, 0.1) is 6.92 Å². The molecule has 0 aliphatic carbocycles. The molecule has 108 valence electrons. The van der Waals surface area contributed by atoms with Gasteiger partial charge in [0.1, 0.15) is 0 Å². The molecule has 0 aliphatic rings. The van der Waals surface area contributed by atoms with Crippen molar-refractivity contribution in [1.29, 1.82) is 0 Å². The highest BCUT2D eigenvalue weighted by atomic mass is 32.1. The zero-order chi connectivity index (χ0) is 14.6. The van der Waals surface area contributed by atoms with Crippen LogP contribution in [0.4, 0.5) is 0 Å². The van der Waals surface area contributed by atoms with Crippen LogP contribution < -0.4 is 5.73 Å². The molecule has 20 heavy (non-hydrogen) atoms. The normalized spacial score (nSPS) is 13.4. The molecule has 2 N–H and O–H groups in total. The molecule has 1 unspecified atom stereocenters. The Balaban J connectivity index is 2.28. The summed E-state index contributed by atoms with van der Waals surface area (Å²) in [6, 6.07) is 10.8. The number of aromatic nitrogens is 1. The minimum absolute atomic E-state index is 0.0405. The van der Waals surface area contributed by atoms with E-state index in [9.17, 15) is 0 Å². The molecule has 0 saturated heterocycles. The van der Waals surface area contributed by atoms with Gasteiger partial charge in [0.2, 0.25) is 0 Å². The Kier molecular flexibility index (Phi) is 4.95. The summed E-state index contributed by atoms with van der Waals surface area (Å²) in [4.78, 5) is 4.56. The molecular formula is C17H24N2S. The van der Waals surface area contributed by atoms with E-state index in [2.05, 4.69) is 54.5 Å². The summed E-state index contributed by atoms with van der Waals surface area (Å²) < 4.78 is 0. The Bertz CT molecular complexity index is 529. The molecule has 0 radical (unpaired) electrons. The van der Waals surface area contributed by atoms with Crippen molar-refractivity contribution in [3.63, 3.8) is 0 Å². The van der Waals surface area contributed by atoms with Crippen molar-refractivity contribution in [2.45, 2.75) is 51.5 Å². The average Bonchev–Trinajstić information content (AvgIpc) is 2.87. The molecule has 1 heterocycles. The second-order valence-corrected chi connectivity index (χ2v) is 6.46. The Labute approximate surface area is 126 Å². The molecule has 0 spiro atoms. The van der Waals surface area contributed by atoms with Gasteiger partial charge in [-0.2, -0.15) is 0 Å². The van der Waals surface area contributed by atoms with E-state index >= 15 is 0 Å². The van der Waals surface area contributed by atoms with Crippen LogP contribution >= 0.6 is 11.3 Å². The lowest BCUT2D eigenvalue weighted by molar-refractivity contribution is 0.313. The van der Waals surface area contributed by atoms with E-state index in [1.54, 1.807) is 11.3 Å². The van der Waals surface area contributed by atoms with Crippen LogP contribution in [0.5, 0.6) is 0 Å². The van der Waals surface area contributed by atoms with Crippen molar-refractivity contribution in [3.8, 4) is 0 Å². The van der Waals surface area contributed by atoms with Gasteiger partial charge in [0.25, 0.3) is 0 Å². The van der Waals surface area contributed by atoms with Crippen LogP contribution in [-0.4, -0.2) is 11.0 Å². The monoisotopic (exact) mass is 288 g/mol. The van der Waals surface area contributed by atoms with Gasteiger partial charge in [-0.1, -0.05) is 44.2 Å². The highest BCUT2D eigenvalue weighted by Gasteiger charge is 2.35. The summed E-state index contributed by atoms with van der Waals surface area (Å²) in [7, 11) is 0. The zero-order valence-electron chi connectivity index (χ0n) is 12.6. The lowest BCUT2D eigenvalue weighted by Gasteiger charge is -2.38. The van der Waals surface area contributed by atoms with Crippen molar-refractivity contribution < 1.29 is 0 Å². The van der Waals surface area contributed by atoms with Gasteiger partial charge in [0.05, 0.1) is 10.7 Å².